The second-order valence-electron chi connectivity index (χ2n) is 6.58. The van der Waals surface area contributed by atoms with Gasteiger partial charge in [0.05, 0.1) is 6.42 Å². The molecule has 0 saturated carbocycles. The van der Waals surface area contributed by atoms with E-state index in [4.69, 9.17) is 0 Å². The average Bonchev–Trinajstić information content (AvgIpc) is 3.21. The van der Waals surface area contributed by atoms with Gasteiger partial charge in [0.2, 0.25) is 11.0 Å². The maximum Gasteiger partial charge on any atom is 0.230 e. The largest absolute Gasteiger partial charge is 0.300 e. The summed E-state index contributed by atoms with van der Waals surface area (Å²) in [4.78, 5) is 12.4. The lowest BCUT2D eigenvalue weighted by atomic mass is 10.0. The second kappa shape index (κ2) is 10.0. The molecule has 1 amide bonds. The zero-order chi connectivity index (χ0) is 20.8. The summed E-state index contributed by atoms with van der Waals surface area (Å²) in [5, 5.41) is 11.6. The Morgan fingerprint density at radius 1 is 0.867 bits per heavy atom. The van der Waals surface area contributed by atoms with Crippen LogP contribution in [-0.2, 0) is 17.0 Å². The van der Waals surface area contributed by atoms with Crippen molar-refractivity contribution >= 4 is 50.1 Å². The summed E-state index contributed by atoms with van der Waals surface area (Å²) in [5.74, 6) is 0.715. The Morgan fingerprint density at radius 2 is 1.53 bits per heavy atom. The number of thioether (sulfide) groups is 1. The summed E-state index contributed by atoms with van der Waals surface area (Å²) in [7, 11) is 0. The summed E-state index contributed by atoms with van der Waals surface area (Å²) < 4.78 is 1.90. The van der Waals surface area contributed by atoms with E-state index in [1.807, 2.05) is 54.6 Å². The molecule has 0 spiro atoms. The molecule has 150 valence electrons. The van der Waals surface area contributed by atoms with Crippen LogP contribution in [0.2, 0.25) is 0 Å². The molecule has 4 aromatic rings. The van der Waals surface area contributed by atoms with Gasteiger partial charge in [-0.25, -0.2) is 0 Å². The number of rotatable bonds is 7. The second-order valence-corrected chi connectivity index (χ2v) is 9.69. The van der Waals surface area contributed by atoms with E-state index in [0.717, 1.165) is 31.3 Å². The van der Waals surface area contributed by atoms with Gasteiger partial charge in [0, 0.05) is 10.2 Å². The third-order valence-corrected chi connectivity index (χ3v) is 6.93. The number of hydrogen-bond acceptors (Lipinski definition) is 5. The minimum atomic E-state index is -0.0944. The Bertz CT molecular complexity index is 1110. The van der Waals surface area contributed by atoms with Gasteiger partial charge in [-0.3, -0.25) is 4.79 Å². The lowest BCUT2D eigenvalue weighted by molar-refractivity contribution is -0.115. The number of carbonyl (C=O) groups is 1. The van der Waals surface area contributed by atoms with Crippen LogP contribution in [-0.4, -0.2) is 16.1 Å². The number of hydrogen-bond donors (Lipinski definition) is 1. The first-order valence-corrected chi connectivity index (χ1v) is 11.9. The van der Waals surface area contributed by atoms with E-state index in [9.17, 15) is 4.79 Å². The predicted molar refractivity (Wildman–Crippen MR) is 128 cm³/mol. The first-order chi connectivity index (χ1) is 14.7. The number of halogens is 1. The lowest BCUT2D eigenvalue weighted by Crippen LogP contribution is -2.14. The smallest absolute Gasteiger partial charge is 0.230 e. The quantitative estimate of drug-likeness (QED) is 0.236. The van der Waals surface area contributed by atoms with Gasteiger partial charge < -0.3 is 5.32 Å². The van der Waals surface area contributed by atoms with Crippen molar-refractivity contribution in [2.45, 2.75) is 16.5 Å². The highest BCUT2D eigenvalue weighted by molar-refractivity contribution is 9.10. The molecule has 0 fully saturated rings. The molecule has 1 aromatic heterocycles. The van der Waals surface area contributed by atoms with Gasteiger partial charge in [0.25, 0.3) is 0 Å². The molecular weight excluding hydrogens is 478 g/mol. The highest BCUT2D eigenvalue weighted by atomic mass is 79.9. The number of amides is 1. The molecule has 1 heterocycles. The third kappa shape index (κ3) is 5.78. The van der Waals surface area contributed by atoms with Crippen molar-refractivity contribution in [2.24, 2.45) is 0 Å². The topological polar surface area (TPSA) is 54.9 Å². The summed E-state index contributed by atoms with van der Waals surface area (Å²) in [6.07, 6.45) is 0.302. The fourth-order valence-electron chi connectivity index (χ4n) is 2.84. The average molecular weight is 496 g/mol. The number of carbonyl (C=O) groups excluding carboxylic acids is 1. The van der Waals surface area contributed by atoms with Crippen molar-refractivity contribution in [3.63, 3.8) is 0 Å². The molecule has 1 N–H and O–H groups in total. The van der Waals surface area contributed by atoms with Crippen LogP contribution >= 0.6 is 39.0 Å². The molecule has 4 nitrogen and oxygen atoms in total. The van der Waals surface area contributed by atoms with Crippen molar-refractivity contribution in [3.8, 4) is 11.1 Å². The van der Waals surface area contributed by atoms with Crippen LogP contribution < -0.4 is 5.32 Å². The molecule has 4 rings (SSSR count). The van der Waals surface area contributed by atoms with E-state index >= 15 is 0 Å². The van der Waals surface area contributed by atoms with Crippen molar-refractivity contribution in [1.29, 1.82) is 0 Å². The molecule has 3 aromatic carbocycles. The Hall–Kier alpha value is -2.48. The summed E-state index contributed by atoms with van der Waals surface area (Å²) >= 11 is 6.44. The summed E-state index contributed by atoms with van der Waals surface area (Å²) in [6, 6.07) is 26.4. The van der Waals surface area contributed by atoms with Gasteiger partial charge in [-0.15, -0.1) is 10.2 Å². The molecule has 0 atom stereocenters. The van der Waals surface area contributed by atoms with Crippen molar-refractivity contribution in [3.05, 3.63) is 94.5 Å². The fraction of sp³-hybridized carbons (Fsp3) is 0.0870. The van der Waals surface area contributed by atoms with Crippen LogP contribution in [0.5, 0.6) is 0 Å². The number of nitrogens with one attached hydrogen (secondary N) is 1. The number of aromatic nitrogens is 2. The minimum absolute atomic E-state index is 0.0944. The highest BCUT2D eigenvalue weighted by Crippen LogP contribution is 2.29. The van der Waals surface area contributed by atoms with Crippen molar-refractivity contribution < 1.29 is 4.79 Å². The van der Waals surface area contributed by atoms with E-state index < -0.39 is 0 Å². The predicted octanol–water partition coefficient (Wildman–Crippen LogP) is 6.44. The first-order valence-electron chi connectivity index (χ1n) is 9.31. The Morgan fingerprint density at radius 3 is 2.27 bits per heavy atom. The summed E-state index contributed by atoms with van der Waals surface area (Å²) in [5.41, 5.74) is 4.47. The van der Waals surface area contributed by atoms with Gasteiger partial charge in [-0.1, -0.05) is 106 Å². The van der Waals surface area contributed by atoms with Crippen molar-refractivity contribution in [1.82, 2.24) is 10.2 Å². The molecule has 7 heteroatoms. The Labute approximate surface area is 191 Å². The van der Waals surface area contributed by atoms with Gasteiger partial charge in [0.1, 0.15) is 0 Å². The zero-order valence-corrected chi connectivity index (χ0v) is 19.1. The lowest BCUT2D eigenvalue weighted by Gasteiger charge is -2.04. The van der Waals surface area contributed by atoms with E-state index in [-0.39, 0.29) is 5.91 Å². The van der Waals surface area contributed by atoms with Crippen LogP contribution in [0.15, 0.2) is 87.7 Å². The van der Waals surface area contributed by atoms with Crippen LogP contribution in [0.25, 0.3) is 11.1 Å². The monoisotopic (exact) mass is 495 g/mol. The van der Waals surface area contributed by atoms with E-state index in [1.165, 1.54) is 16.9 Å². The van der Waals surface area contributed by atoms with Crippen LogP contribution in [0.1, 0.15) is 11.1 Å². The molecule has 0 aliphatic rings. The summed E-state index contributed by atoms with van der Waals surface area (Å²) in [6.45, 7) is 0. The molecule has 0 radical (unpaired) electrons. The van der Waals surface area contributed by atoms with E-state index in [0.29, 0.717) is 11.6 Å². The van der Waals surface area contributed by atoms with Crippen LogP contribution in [0.4, 0.5) is 5.13 Å². The fourth-order valence-corrected chi connectivity index (χ4v) is 4.83. The Kier molecular flexibility index (Phi) is 6.94. The molecule has 0 saturated heterocycles. The Balaban J connectivity index is 1.29. The number of benzene rings is 3. The first kappa shape index (κ1) is 20.8. The zero-order valence-electron chi connectivity index (χ0n) is 15.9. The van der Waals surface area contributed by atoms with Gasteiger partial charge in [-0.2, -0.15) is 0 Å². The van der Waals surface area contributed by atoms with E-state index in [2.05, 4.69) is 55.7 Å². The molecular formula is C23H18BrN3OS2. The van der Waals surface area contributed by atoms with Crippen molar-refractivity contribution in [2.75, 3.05) is 5.32 Å². The minimum Gasteiger partial charge on any atom is -0.300 e. The molecule has 0 aliphatic heterocycles. The molecule has 0 aliphatic carbocycles. The van der Waals surface area contributed by atoms with Gasteiger partial charge in [0.15, 0.2) is 4.34 Å². The standard InChI is InChI=1S/C23H18BrN3OS2/c24-20-12-8-17(9-13-20)15-29-23-27-26-22(30-23)25-21(28)14-16-6-10-19(11-7-16)18-4-2-1-3-5-18/h1-13H,14-15H2,(H,25,26,28). The van der Waals surface area contributed by atoms with Gasteiger partial charge >= 0.3 is 0 Å². The molecule has 0 unspecified atom stereocenters. The maximum atomic E-state index is 12.4. The normalized spacial score (nSPS) is 10.7. The highest BCUT2D eigenvalue weighted by Gasteiger charge is 2.10. The molecule has 0 bridgehead atoms. The number of anilines is 1. The van der Waals surface area contributed by atoms with E-state index in [1.54, 1.807) is 11.8 Å². The van der Waals surface area contributed by atoms with Crippen LogP contribution in [0, 0.1) is 0 Å². The van der Waals surface area contributed by atoms with Crippen LogP contribution in [0.3, 0.4) is 0 Å². The SMILES string of the molecule is O=C(Cc1ccc(-c2ccccc2)cc1)Nc1nnc(SCc2ccc(Br)cc2)s1. The number of nitrogens with zero attached hydrogens (tertiary/aromatic N) is 2. The maximum absolute atomic E-state index is 12.4. The third-order valence-electron chi connectivity index (χ3n) is 4.35. The van der Waals surface area contributed by atoms with Gasteiger partial charge in [-0.05, 0) is 34.4 Å². The molecule has 30 heavy (non-hydrogen) atoms.